The van der Waals surface area contributed by atoms with E-state index in [2.05, 4.69) is 34.5 Å². The molecule has 1 aliphatic heterocycles. The average molecular weight is 487 g/mol. The van der Waals surface area contributed by atoms with E-state index in [0.717, 1.165) is 35.4 Å². The quantitative estimate of drug-likeness (QED) is 0.293. The van der Waals surface area contributed by atoms with Gasteiger partial charge in [-0.05, 0) is 35.7 Å². The minimum absolute atomic E-state index is 0.144. The van der Waals surface area contributed by atoms with Crippen molar-refractivity contribution in [1.29, 1.82) is 0 Å². The zero-order valence-corrected chi connectivity index (χ0v) is 20.5. The fourth-order valence-electron chi connectivity index (χ4n) is 4.18. The Morgan fingerprint density at radius 3 is 2.63 bits per heavy atom. The van der Waals surface area contributed by atoms with E-state index >= 15 is 0 Å². The number of carbonyl (C=O) groups is 1. The largest absolute Gasteiger partial charge is 0.497 e. The van der Waals surface area contributed by atoms with Gasteiger partial charge in [0, 0.05) is 24.5 Å². The van der Waals surface area contributed by atoms with Crippen LogP contribution >= 0.6 is 11.8 Å². The molecule has 35 heavy (non-hydrogen) atoms. The van der Waals surface area contributed by atoms with Crippen molar-refractivity contribution in [3.63, 3.8) is 0 Å². The van der Waals surface area contributed by atoms with Crippen LogP contribution < -0.4 is 19.7 Å². The van der Waals surface area contributed by atoms with Crippen LogP contribution in [0.3, 0.4) is 0 Å². The summed E-state index contributed by atoms with van der Waals surface area (Å²) in [4.78, 5) is 24.7. The number of anilines is 2. The van der Waals surface area contributed by atoms with Crippen LogP contribution in [0.5, 0.6) is 11.5 Å². The Morgan fingerprint density at radius 1 is 1.00 bits per heavy atom. The topological polar surface area (TPSA) is 76.6 Å². The van der Waals surface area contributed by atoms with Gasteiger partial charge in [-0.25, -0.2) is 9.97 Å². The maximum Gasteiger partial charge on any atom is 0.234 e. The number of carbonyl (C=O) groups excluding carboxylic acids is 1. The van der Waals surface area contributed by atoms with E-state index in [1.165, 1.54) is 22.9 Å². The summed E-state index contributed by atoms with van der Waals surface area (Å²) in [5, 5.41) is 4.66. The molecule has 5 rings (SSSR count). The van der Waals surface area contributed by atoms with Gasteiger partial charge >= 0.3 is 0 Å². The number of nitrogens with one attached hydrogen (secondary N) is 1. The number of rotatable bonds is 7. The molecule has 0 atom stereocenters. The van der Waals surface area contributed by atoms with Crippen LogP contribution in [0, 0.1) is 0 Å². The van der Waals surface area contributed by atoms with Crippen molar-refractivity contribution in [3.8, 4) is 11.5 Å². The highest BCUT2D eigenvalue weighted by Gasteiger charge is 2.20. The number of para-hydroxylation sites is 1. The van der Waals surface area contributed by atoms with Crippen LogP contribution in [-0.2, 0) is 17.8 Å². The number of methoxy groups -OCH3 is 2. The second kappa shape index (κ2) is 10.2. The second-order valence-electron chi connectivity index (χ2n) is 8.19. The van der Waals surface area contributed by atoms with Gasteiger partial charge in [-0.2, -0.15) is 0 Å². The summed E-state index contributed by atoms with van der Waals surface area (Å²) in [6.45, 7) is 1.63. The molecule has 0 saturated heterocycles. The Bertz CT molecular complexity index is 1380. The number of nitrogens with zero attached hydrogens (tertiary/aromatic N) is 3. The number of fused-ring (bicyclic) bond motifs is 2. The molecule has 1 amide bonds. The van der Waals surface area contributed by atoms with Crippen molar-refractivity contribution in [2.24, 2.45) is 0 Å². The zero-order chi connectivity index (χ0) is 24.2. The molecule has 1 aromatic heterocycles. The fourth-order valence-corrected chi connectivity index (χ4v) is 4.99. The zero-order valence-electron chi connectivity index (χ0n) is 19.7. The summed E-state index contributed by atoms with van der Waals surface area (Å²) in [6, 6.07) is 21.7. The minimum atomic E-state index is -0.144. The highest BCUT2D eigenvalue weighted by atomic mass is 32.2. The third-order valence-corrected chi connectivity index (χ3v) is 6.98. The summed E-state index contributed by atoms with van der Waals surface area (Å²) in [5.41, 5.74) is 4.15. The number of hydrogen-bond acceptors (Lipinski definition) is 7. The lowest BCUT2D eigenvalue weighted by Gasteiger charge is -2.29. The maximum absolute atomic E-state index is 12.8. The van der Waals surface area contributed by atoms with E-state index < -0.39 is 0 Å². The van der Waals surface area contributed by atoms with Crippen molar-refractivity contribution in [3.05, 3.63) is 77.9 Å². The van der Waals surface area contributed by atoms with E-state index in [0.29, 0.717) is 23.1 Å². The molecule has 0 unspecified atom stereocenters. The van der Waals surface area contributed by atoms with Gasteiger partial charge in [-0.15, -0.1) is 0 Å². The summed E-state index contributed by atoms with van der Waals surface area (Å²) in [5.74, 6) is 1.96. The number of thioether (sulfide) groups is 1. The normalized spacial score (nSPS) is 12.8. The smallest absolute Gasteiger partial charge is 0.234 e. The first-order chi connectivity index (χ1) is 17.1. The highest BCUT2D eigenvalue weighted by molar-refractivity contribution is 8.00. The summed E-state index contributed by atoms with van der Waals surface area (Å²) in [6.07, 6.45) is 0.959. The molecular weight excluding hydrogens is 460 g/mol. The summed E-state index contributed by atoms with van der Waals surface area (Å²) >= 11 is 1.41. The van der Waals surface area contributed by atoms with Gasteiger partial charge in [-0.1, -0.05) is 54.2 Å². The SMILES string of the molecule is COc1ccc(NC(=O)CSc2nc(N3CCc4ccccc4C3)nc3ccccc23)c(OC)c1. The number of benzene rings is 3. The fraction of sp³-hybridized carbons (Fsp3) is 0.222. The van der Waals surface area contributed by atoms with Gasteiger partial charge in [0.15, 0.2) is 0 Å². The van der Waals surface area contributed by atoms with Crippen LogP contribution in [0.15, 0.2) is 71.8 Å². The van der Waals surface area contributed by atoms with Crippen molar-refractivity contribution < 1.29 is 14.3 Å². The molecule has 2 heterocycles. The number of ether oxygens (including phenoxy) is 2. The van der Waals surface area contributed by atoms with Crippen LogP contribution in [0.2, 0.25) is 0 Å². The molecule has 3 aromatic carbocycles. The van der Waals surface area contributed by atoms with E-state index in [9.17, 15) is 4.79 Å². The predicted molar refractivity (Wildman–Crippen MR) is 140 cm³/mol. The molecule has 0 radical (unpaired) electrons. The number of amides is 1. The van der Waals surface area contributed by atoms with Crippen LogP contribution in [-0.4, -0.2) is 42.4 Å². The monoisotopic (exact) mass is 486 g/mol. The molecule has 1 N–H and O–H groups in total. The van der Waals surface area contributed by atoms with Crippen LogP contribution in [0.1, 0.15) is 11.1 Å². The summed E-state index contributed by atoms with van der Waals surface area (Å²) < 4.78 is 10.6. The van der Waals surface area contributed by atoms with Gasteiger partial charge in [-0.3, -0.25) is 4.79 Å². The van der Waals surface area contributed by atoms with Crippen LogP contribution in [0.4, 0.5) is 11.6 Å². The lowest BCUT2D eigenvalue weighted by Crippen LogP contribution is -2.31. The van der Waals surface area contributed by atoms with Crippen molar-refractivity contribution in [2.75, 3.05) is 36.7 Å². The average Bonchev–Trinajstić information content (AvgIpc) is 2.91. The molecule has 7 nitrogen and oxygen atoms in total. The Morgan fingerprint density at radius 2 is 1.80 bits per heavy atom. The number of hydrogen-bond donors (Lipinski definition) is 1. The van der Waals surface area contributed by atoms with Crippen LogP contribution in [0.25, 0.3) is 10.9 Å². The molecule has 4 aromatic rings. The molecule has 0 bridgehead atoms. The van der Waals surface area contributed by atoms with E-state index in [4.69, 9.17) is 19.4 Å². The molecule has 0 aliphatic carbocycles. The maximum atomic E-state index is 12.8. The van der Waals surface area contributed by atoms with E-state index in [-0.39, 0.29) is 11.7 Å². The van der Waals surface area contributed by atoms with Gasteiger partial charge < -0.3 is 19.7 Å². The molecule has 8 heteroatoms. The minimum Gasteiger partial charge on any atom is -0.497 e. The Labute approximate surface area is 208 Å². The third-order valence-electron chi connectivity index (χ3n) is 5.99. The summed E-state index contributed by atoms with van der Waals surface area (Å²) in [7, 11) is 3.15. The van der Waals surface area contributed by atoms with Crippen molar-refractivity contribution in [2.45, 2.75) is 18.0 Å². The van der Waals surface area contributed by atoms with Crippen molar-refractivity contribution >= 4 is 40.2 Å². The molecule has 0 fully saturated rings. The van der Waals surface area contributed by atoms with Gasteiger partial charge in [0.05, 0.1) is 31.2 Å². The first-order valence-electron chi connectivity index (χ1n) is 11.4. The van der Waals surface area contributed by atoms with Gasteiger partial charge in [0.25, 0.3) is 0 Å². The lowest BCUT2D eigenvalue weighted by molar-refractivity contribution is -0.113. The second-order valence-corrected chi connectivity index (χ2v) is 9.15. The van der Waals surface area contributed by atoms with E-state index in [1.54, 1.807) is 32.4 Å². The lowest BCUT2D eigenvalue weighted by atomic mass is 10.0. The van der Waals surface area contributed by atoms with Gasteiger partial charge in [0.1, 0.15) is 16.5 Å². The van der Waals surface area contributed by atoms with Gasteiger partial charge in [0.2, 0.25) is 11.9 Å². The Balaban J connectivity index is 1.35. The molecule has 1 aliphatic rings. The molecule has 0 spiro atoms. The first-order valence-corrected chi connectivity index (χ1v) is 12.4. The Kier molecular flexibility index (Phi) is 6.72. The number of aromatic nitrogens is 2. The predicted octanol–water partition coefficient (Wildman–Crippen LogP) is 4.94. The van der Waals surface area contributed by atoms with Crippen molar-refractivity contribution in [1.82, 2.24) is 9.97 Å². The van der Waals surface area contributed by atoms with E-state index in [1.807, 2.05) is 24.3 Å². The Hall–Kier alpha value is -3.78. The molecule has 0 saturated carbocycles. The standard InChI is InChI=1S/C27H26N4O3S/c1-33-20-11-12-23(24(15-20)34-2)28-25(32)17-35-26-21-9-5-6-10-22(21)29-27(30-26)31-14-13-18-7-3-4-8-19(18)16-31/h3-12,15H,13-14,16-17H2,1-2H3,(H,28,32). The highest BCUT2D eigenvalue weighted by Crippen LogP contribution is 2.31. The molecule has 178 valence electrons. The third kappa shape index (κ3) is 5.02. The molecular formula is C27H26N4O3S. The first kappa shape index (κ1) is 23.0.